The lowest BCUT2D eigenvalue weighted by Gasteiger charge is -2.26. The SMILES string of the molecule is O=C1NC(=O)N(c2ccc(Cl)cc2)C(=O)/C1=C/c1c(OCc2ccc(Cl)cc2Cl)ccc2ccccc12. The van der Waals surface area contributed by atoms with Gasteiger partial charge >= 0.3 is 6.03 Å². The highest BCUT2D eigenvalue weighted by molar-refractivity contribution is 6.39. The number of fused-ring (bicyclic) bond motifs is 1. The molecular weight excluding hydrogens is 535 g/mol. The Bertz CT molecular complexity index is 1600. The van der Waals surface area contributed by atoms with Crippen LogP contribution in [0.5, 0.6) is 5.75 Å². The molecule has 0 aromatic heterocycles. The van der Waals surface area contributed by atoms with Gasteiger partial charge in [-0.1, -0.05) is 71.2 Å². The van der Waals surface area contributed by atoms with E-state index in [0.29, 0.717) is 31.9 Å². The number of anilines is 1. The number of nitrogens with one attached hydrogen (secondary N) is 1. The standard InChI is InChI=1S/C28H17Cl3N2O4/c29-18-8-10-20(11-9-18)33-27(35)23(26(34)32-28(33)36)14-22-21-4-2-1-3-16(21)6-12-25(22)37-15-17-5-7-19(30)13-24(17)31/h1-14H,15H2,(H,32,34,36)/b23-14+. The Hall–Kier alpha value is -3.84. The summed E-state index contributed by atoms with van der Waals surface area (Å²) in [6.07, 6.45) is 1.44. The van der Waals surface area contributed by atoms with E-state index in [2.05, 4.69) is 5.32 Å². The monoisotopic (exact) mass is 550 g/mol. The molecule has 0 spiro atoms. The molecule has 4 amide bonds. The fourth-order valence-corrected chi connectivity index (χ4v) is 4.56. The first kappa shape index (κ1) is 24.8. The molecule has 4 aromatic carbocycles. The van der Waals surface area contributed by atoms with Crippen molar-refractivity contribution in [2.45, 2.75) is 6.61 Å². The minimum absolute atomic E-state index is 0.125. The largest absolute Gasteiger partial charge is 0.488 e. The summed E-state index contributed by atoms with van der Waals surface area (Å²) in [7, 11) is 0. The fourth-order valence-electron chi connectivity index (χ4n) is 3.97. The number of barbiturate groups is 1. The van der Waals surface area contributed by atoms with Gasteiger partial charge in [-0.15, -0.1) is 0 Å². The van der Waals surface area contributed by atoms with Crippen LogP contribution >= 0.6 is 34.8 Å². The summed E-state index contributed by atoms with van der Waals surface area (Å²) in [4.78, 5) is 39.7. The molecule has 0 radical (unpaired) electrons. The zero-order valence-corrected chi connectivity index (χ0v) is 21.3. The third-order valence-corrected chi connectivity index (χ3v) is 6.64. The summed E-state index contributed by atoms with van der Waals surface area (Å²) in [5, 5.41) is 5.27. The first-order chi connectivity index (χ1) is 17.8. The Morgan fingerprint density at radius 3 is 2.32 bits per heavy atom. The van der Waals surface area contributed by atoms with Crippen LogP contribution in [-0.4, -0.2) is 17.8 Å². The van der Waals surface area contributed by atoms with Crippen LogP contribution in [0, 0.1) is 0 Å². The second kappa shape index (κ2) is 10.3. The predicted molar refractivity (Wildman–Crippen MR) is 145 cm³/mol. The normalized spacial score (nSPS) is 14.8. The lowest BCUT2D eigenvalue weighted by Crippen LogP contribution is -2.54. The van der Waals surface area contributed by atoms with E-state index in [9.17, 15) is 14.4 Å². The molecular formula is C28H17Cl3N2O4. The molecule has 1 heterocycles. The van der Waals surface area contributed by atoms with Crippen molar-refractivity contribution in [3.05, 3.63) is 111 Å². The highest BCUT2D eigenvalue weighted by Crippen LogP contribution is 2.33. The minimum atomic E-state index is -0.846. The van der Waals surface area contributed by atoms with Crippen LogP contribution in [0.1, 0.15) is 11.1 Å². The van der Waals surface area contributed by atoms with E-state index in [4.69, 9.17) is 39.5 Å². The van der Waals surface area contributed by atoms with E-state index in [0.717, 1.165) is 15.7 Å². The van der Waals surface area contributed by atoms with Crippen molar-refractivity contribution in [1.29, 1.82) is 0 Å². The Balaban J connectivity index is 1.58. The number of amides is 4. The van der Waals surface area contributed by atoms with Crippen molar-refractivity contribution in [3.8, 4) is 5.75 Å². The average Bonchev–Trinajstić information content (AvgIpc) is 2.87. The van der Waals surface area contributed by atoms with Gasteiger partial charge in [0.05, 0.1) is 5.69 Å². The summed E-state index contributed by atoms with van der Waals surface area (Å²) in [5.74, 6) is -1.15. The van der Waals surface area contributed by atoms with E-state index >= 15 is 0 Å². The molecule has 0 unspecified atom stereocenters. The number of hydrogen-bond donors (Lipinski definition) is 1. The molecule has 9 heteroatoms. The number of halogens is 3. The number of ether oxygens (including phenoxy) is 1. The summed E-state index contributed by atoms with van der Waals surface area (Å²) >= 11 is 18.2. The van der Waals surface area contributed by atoms with Gasteiger partial charge in [-0.25, -0.2) is 9.69 Å². The summed E-state index contributed by atoms with van der Waals surface area (Å²) in [5.41, 5.74) is 1.27. The van der Waals surface area contributed by atoms with E-state index in [-0.39, 0.29) is 17.9 Å². The maximum Gasteiger partial charge on any atom is 0.335 e. The van der Waals surface area contributed by atoms with Crippen molar-refractivity contribution in [3.63, 3.8) is 0 Å². The topological polar surface area (TPSA) is 75.7 Å². The van der Waals surface area contributed by atoms with Gasteiger partial charge in [0.2, 0.25) is 0 Å². The Kier molecular flexibility index (Phi) is 6.89. The van der Waals surface area contributed by atoms with E-state index in [1.54, 1.807) is 36.4 Å². The van der Waals surface area contributed by atoms with Gasteiger partial charge in [0.25, 0.3) is 11.8 Å². The third kappa shape index (κ3) is 5.04. The first-order valence-corrected chi connectivity index (χ1v) is 12.2. The predicted octanol–water partition coefficient (Wildman–Crippen LogP) is 7.05. The van der Waals surface area contributed by atoms with Gasteiger partial charge in [-0.2, -0.15) is 0 Å². The van der Waals surface area contributed by atoms with Gasteiger partial charge < -0.3 is 4.74 Å². The van der Waals surface area contributed by atoms with Gasteiger partial charge in [0.1, 0.15) is 17.9 Å². The van der Waals surface area contributed by atoms with Crippen LogP contribution in [0.15, 0.2) is 84.4 Å². The Morgan fingerprint density at radius 2 is 1.57 bits per heavy atom. The average molecular weight is 552 g/mol. The zero-order chi connectivity index (χ0) is 26.1. The molecule has 1 fully saturated rings. The molecule has 6 nitrogen and oxygen atoms in total. The molecule has 1 aliphatic rings. The summed E-state index contributed by atoms with van der Waals surface area (Å²) in [6.45, 7) is 0.125. The number of carbonyl (C=O) groups is 3. The minimum Gasteiger partial charge on any atom is -0.488 e. The second-order valence-corrected chi connectivity index (χ2v) is 9.44. The van der Waals surface area contributed by atoms with E-state index in [1.165, 1.54) is 18.2 Å². The summed E-state index contributed by atoms with van der Waals surface area (Å²) < 4.78 is 6.10. The van der Waals surface area contributed by atoms with Crippen molar-refractivity contribution < 1.29 is 19.1 Å². The Morgan fingerprint density at radius 1 is 0.838 bits per heavy atom. The molecule has 1 saturated heterocycles. The highest BCUT2D eigenvalue weighted by Gasteiger charge is 2.37. The molecule has 0 atom stereocenters. The fraction of sp³-hybridized carbons (Fsp3) is 0.0357. The van der Waals surface area contributed by atoms with E-state index < -0.39 is 17.8 Å². The number of rotatable bonds is 5. The third-order valence-electron chi connectivity index (χ3n) is 5.80. The van der Waals surface area contributed by atoms with Crippen LogP contribution in [0.3, 0.4) is 0 Å². The number of hydrogen-bond acceptors (Lipinski definition) is 4. The lowest BCUT2D eigenvalue weighted by molar-refractivity contribution is -0.122. The van der Waals surface area contributed by atoms with Crippen molar-refractivity contribution in [2.24, 2.45) is 0 Å². The molecule has 1 aliphatic heterocycles. The van der Waals surface area contributed by atoms with Gasteiger partial charge in [0.15, 0.2) is 0 Å². The number of urea groups is 1. The molecule has 1 N–H and O–H groups in total. The molecule has 4 aromatic rings. The van der Waals surface area contributed by atoms with Crippen molar-refractivity contribution in [2.75, 3.05) is 4.90 Å². The highest BCUT2D eigenvalue weighted by atomic mass is 35.5. The lowest BCUT2D eigenvalue weighted by atomic mass is 9.99. The van der Waals surface area contributed by atoms with E-state index in [1.807, 2.05) is 30.3 Å². The molecule has 184 valence electrons. The maximum atomic E-state index is 13.4. The van der Waals surface area contributed by atoms with Gasteiger partial charge in [-0.05, 0) is 59.3 Å². The molecule has 0 aliphatic carbocycles. The maximum absolute atomic E-state index is 13.4. The second-order valence-electron chi connectivity index (χ2n) is 8.16. The molecule has 0 bridgehead atoms. The van der Waals surface area contributed by atoms with Crippen LogP contribution in [-0.2, 0) is 16.2 Å². The summed E-state index contributed by atoms with van der Waals surface area (Å²) in [6, 6.07) is 21.5. The van der Waals surface area contributed by atoms with Crippen molar-refractivity contribution >= 4 is 75.2 Å². The molecule has 5 rings (SSSR count). The number of nitrogens with zero attached hydrogens (tertiary/aromatic N) is 1. The van der Waals surface area contributed by atoms with Crippen LogP contribution in [0.25, 0.3) is 16.8 Å². The Labute approximate surface area is 227 Å². The van der Waals surface area contributed by atoms with Crippen molar-refractivity contribution in [1.82, 2.24) is 5.32 Å². The molecule has 0 saturated carbocycles. The molecule has 37 heavy (non-hydrogen) atoms. The quantitative estimate of drug-likeness (QED) is 0.213. The smallest absolute Gasteiger partial charge is 0.335 e. The number of benzene rings is 4. The number of imide groups is 2. The number of carbonyl (C=O) groups excluding carboxylic acids is 3. The first-order valence-electron chi connectivity index (χ1n) is 11.1. The van der Waals surface area contributed by atoms with Gasteiger partial charge in [0, 0.05) is 26.2 Å². The van der Waals surface area contributed by atoms with Crippen LogP contribution < -0.4 is 15.0 Å². The van der Waals surface area contributed by atoms with Gasteiger partial charge in [-0.3, -0.25) is 14.9 Å². The zero-order valence-electron chi connectivity index (χ0n) is 19.0. The van der Waals surface area contributed by atoms with Crippen LogP contribution in [0.4, 0.5) is 10.5 Å². The van der Waals surface area contributed by atoms with Crippen LogP contribution in [0.2, 0.25) is 15.1 Å².